The fourth-order valence-electron chi connectivity index (χ4n) is 0.940. The molecule has 0 aliphatic rings. The van der Waals surface area contributed by atoms with E-state index in [2.05, 4.69) is 4.98 Å². The number of H-pyrrole nitrogens is 1. The molecule has 12 heavy (non-hydrogen) atoms. The van der Waals surface area contributed by atoms with Gasteiger partial charge in [-0.2, -0.15) is 5.26 Å². The van der Waals surface area contributed by atoms with Crippen LogP contribution in [0, 0.1) is 11.3 Å². The summed E-state index contributed by atoms with van der Waals surface area (Å²) < 4.78 is 0. The lowest BCUT2D eigenvalue weighted by Gasteiger charge is -2.03. The van der Waals surface area contributed by atoms with Gasteiger partial charge in [0.15, 0.2) is 0 Å². The molecule has 1 N–H and O–H groups in total. The highest BCUT2D eigenvalue weighted by atomic mass is 16.1. The van der Waals surface area contributed by atoms with E-state index in [0.717, 1.165) is 5.69 Å². The van der Waals surface area contributed by atoms with E-state index in [1.165, 1.54) is 6.07 Å². The van der Waals surface area contributed by atoms with Crippen molar-refractivity contribution in [2.75, 3.05) is 0 Å². The van der Waals surface area contributed by atoms with E-state index < -0.39 is 0 Å². The molecule has 1 aromatic rings. The van der Waals surface area contributed by atoms with E-state index >= 15 is 0 Å². The number of nitriles is 1. The molecule has 0 saturated heterocycles. The summed E-state index contributed by atoms with van der Waals surface area (Å²) >= 11 is 0. The highest BCUT2D eigenvalue weighted by Gasteiger charge is 2.01. The number of rotatable bonds is 1. The monoisotopic (exact) mass is 162 g/mol. The molecule has 0 atom stereocenters. The lowest BCUT2D eigenvalue weighted by Crippen LogP contribution is -2.09. The number of nitrogens with one attached hydrogen (secondary N) is 1. The Bertz CT molecular complexity index is 371. The number of aromatic nitrogens is 1. The summed E-state index contributed by atoms with van der Waals surface area (Å²) in [6.45, 7) is 3.93. The van der Waals surface area contributed by atoms with E-state index in [0.29, 0.717) is 5.56 Å². The smallest absolute Gasteiger partial charge is 0.249 e. The fourth-order valence-corrected chi connectivity index (χ4v) is 0.940. The first-order valence-electron chi connectivity index (χ1n) is 3.78. The van der Waals surface area contributed by atoms with Gasteiger partial charge in [-0.25, -0.2) is 0 Å². The van der Waals surface area contributed by atoms with Gasteiger partial charge in [-0.05, 0) is 12.0 Å². The Morgan fingerprint density at radius 3 is 2.67 bits per heavy atom. The third-order valence-corrected chi connectivity index (χ3v) is 1.62. The van der Waals surface area contributed by atoms with E-state index in [1.54, 1.807) is 6.07 Å². The Kier molecular flexibility index (Phi) is 2.29. The van der Waals surface area contributed by atoms with Crippen LogP contribution in [0.4, 0.5) is 0 Å². The maximum atomic E-state index is 11.0. The molecule has 1 heterocycles. The molecule has 0 aliphatic heterocycles. The Hall–Kier alpha value is -1.56. The molecule has 0 fully saturated rings. The number of hydrogen-bond acceptors (Lipinski definition) is 2. The van der Waals surface area contributed by atoms with Gasteiger partial charge in [0, 0.05) is 11.8 Å². The van der Waals surface area contributed by atoms with Crippen LogP contribution in [-0.2, 0) is 0 Å². The van der Waals surface area contributed by atoms with Gasteiger partial charge in [0.1, 0.15) is 0 Å². The zero-order valence-corrected chi connectivity index (χ0v) is 7.09. The second-order valence-electron chi connectivity index (χ2n) is 2.96. The van der Waals surface area contributed by atoms with Gasteiger partial charge in [0.05, 0.1) is 11.6 Å². The molecular formula is C9H10N2O. The largest absolute Gasteiger partial charge is 0.326 e. The SMILES string of the molecule is CC(C)c1cc(C#N)cc(=O)[nH]1. The number of nitrogens with zero attached hydrogens (tertiary/aromatic N) is 1. The lowest BCUT2D eigenvalue weighted by molar-refractivity contribution is 0.815. The van der Waals surface area contributed by atoms with E-state index in [9.17, 15) is 4.79 Å². The molecule has 0 saturated carbocycles. The minimum atomic E-state index is -0.210. The van der Waals surface area contributed by atoms with Gasteiger partial charge in [0.25, 0.3) is 0 Å². The topological polar surface area (TPSA) is 56.6 Å². The molecule has 0 unspecified atom stereocenters. The molecule has 1 rings (SSSR count). The molecule has 62 valence electrons. The molecule has 0 bridgehead atoms. The molecule has 0 aliphatic carbocycles. The standard InChI is InChI=1S/C9H10N2O/c1-6(2)8-3-7(5-10)4-9(12)11-8/h3-4,6H,1-2H3,(H,11,12). The quantitative estimate of drug-likeness (QED) is 0.678. The van der Waals surface area contributed by atoms with Crippen LogP contribution in [-0.4, -0.2) is 4.98 Å². The summed E-state index contributed by atoms with van der Waals surface area (Å²) in [5.41, 5.74) is 1.01. The van der Waals surface area contributed by atoms with Gasteiger partial charge in [-0.3, -0.25) is 4.79 Å². The Balaban J connectivity index is 3.27. The minimum Gasteiger partial charge on any atom is -0.326 e. The highest BCUT2D eigenvalue weighted by molar-refractivity contribution is 5.29. The van der Waals surface area contributed by atoms with Crippen molar-refractivity contribution in [1.82, 2.24) is 4.98 Å². The Labute approximate surface area is 70.7 Å². The van der Waals surface area contributed by atoms with Crippen molar-refractivity contribution in [1.29, 1.82) is 5.26 Å². The summed E-state index contributed by atoms with van der Waals surface area (Å²) in [5.74, 6) is 0.242. The number of pyridine rings is 1. The van der Waals surface area contributed by atoms with Crippen molar-refractivity contribution in [3.05, 3.63) is 33.7 Å². The van der Waals surface area contributed by atoms with Crippen LogP contribution in [0.1, 0.15) is 31.0 Å². The van der Waals surface area contributed by atoms with Crippen LogP contribution in [0.3, 0.4) is 0 Å². The second-order valence-corrected chi connectivity index (χ2v) is 2.96. The Morgan fingerprint density at radius 2 is 2.17 bits per heavy atom. The van der Waals surface area contributed by atoms with E-state index in [1.807, 2.05) is 19.9 Å². The fraction of sp³-hybridized carbons (Fsp3) is 0.333. The molecule has 1 aromatic heterocycles. The molecule has 0 amide bonds. The van der Waals surface area contributed by atoms with Gasteiger partial charge < -0.3 is 4.98 Å². The van der Waals surface area contributed by atoms with Crippen molar-refractivity contribution in [3.63, 3.8) is 0 Å². The van der Waals surface area contributed by atoms with Crippen LogP contribution in [0.25, 0.3) is 0 Å². The van der Waals surface area contributed by atoms with E-state index in [4.69, 9.17) is 5.26 Å². The van der Waals surface area contributed by atoms with Crippen LogP contribution in [0.15, 0.2) is 16.9 Å². The molecule has 0 spiro atoms. The van der Waals surface area contributed by atoms with Crippen molar-refractivity contribution in [2.24, 2.45) is 0 Å². The first kappa shape index (κ1) is 8.54. The highest BCUT2D eigenvalue weighted by Crippen LogP contribution is 2.09. The van der Waals surface area contributed by atoms with Gasteiger partial charge in [-0.15, -0.1) is 0 Å². The first-order valence-corrected chi connectivity index (χ1v) is 3.78. The molecule has 0 aromatic carbocycles. The third kappa shape index (κ3) is 1.73. The summed E-state index contributed by atoms with van der Waals surface area (Å²) in [7, 11) is 0. The van der Waals surface area contributed by atoms with Crippen molar-refractivity contribution in [2.45, 2.75) is 19.8 Å². The summed E-state index contributed by atoms with van der Waals surface area (Å²) in [4.78, 5) is 13.6. The third-order valence-electron chi connectivity index (χ3n) is 1.62. The zero-order valence-electron chi connectivity index (χ0n) is 7.09. The summed E-state index contributed by atoms with van der Waals surface area (Å²) in [6, 6.07) is 4.94. The van der Waals surface area contributed by atoms with Crippen LogP contribution in [0.2, 0.25) is 0 Å². The summed E-state index contributed by atoms with van der Waals surface area (Å²) in [6.07, 6.45) is 0. The maximum Gasteiger partial charge on any atom is 0.249 e. The Morgan fingerprint density at radius 1 is 1.50 bits per heavy atom. The minimum absolute atomic E-state index is 0.210. The summed E-state index contributed by atoms with van der Waals surface area (Å²) in [5, 5.41) is 8.57. The normalized spacial score (nSPS) is 9.83. The molecule has 0 radical (unpaired) electrons. The number of aromatic amines is 1. The van der Waals surface area contributed by atoms with E-state index in [-0.39, 0.29) is 11.5 Å². The van der Waals surface area contributed by atoms with Crippen LogP contribution < -0.4 is 5.56 Å². The predicted octanol–water partition coefficient (Wildman–Crippen LogP) is 1.37. The second kappa shape index (κ2) is 3.22. The average molecular weight is 162 g/mol. The van der Waals surface area contributed by atoms with Crippen molar-refractivity contribution < 1.29 is 0 Å². The van der Waals surface area contributed by atoms with Gasteiger partial charge >= 0.3 is 0 Å². The predicted molar refractivity (Wildman–Crippen MR) is 45.9 cm³/mol. The molecular weight excluding hydrogens is 152 g/mol. The van der Waals surface area contributed by atoms with Gasteiger partial charge in [0.2, 0.25) is 5.56 Å². The molecule has 3 heteroatoms. The van der Waals surface area contributed by atoms with Crippen molar-refractivity contribution in [3.8, 4) is 6.07 Å². The van der Waals surface area contributed by atoms with Crippen LogP contribution in [0.5, 0.6) is 0 Å². The van der Waals surface area contributed by atoms with Crippen molar-refractivity contribution >= 4 is 0 Å². The number of hydrogen-bond donors (Lipinski definition) is 1. The zero-order chi connectivity index (χ0) is 9.14. The average Bonchev–Trinajstić information content (AvgIpc) is 2.03. The lowest BCUT2D eigenvalue weighted by atomic mass is 10.1. The van der Waals surface area contributed by atoms with Crippen LogP contribution >= 0.6 is 0 Å². The first-order chi connectivity index (χ1) is 5.63. The molecule has 3 nitrogen and oxygen atoms in total. The van der Waals surface area contributed by atoms with Gasteiger partial charge in [-0.1, -0.05) is 13.8 Å². The maximum absolute atomic E-state index is 11.0.